The van der Waals surface area contributed by atoms with E-state index in [2.05, 4.69) is 23.3 Å². The van der Waals surface area contributed by atoms with E-state index in [1.165, 1.54) is 0 Å². The largest absolute Gasteiger partial charge is 0.457 e. The Balaban J connectivity index is 2.02. The SMILES string of the molecule is CCNc1cc(C)nc2ccc(Oc3ccccc3)cc12. The van der Waals surface area contributed by atoms with Crippen molar-refractivity contribution in [3.8, 4) is 11.5 Å². The third kappa shape index (κ3) is 2.97. The van der Waals surface area contributed by atoms with Gasteiger partial charge in [0, 0.05) is 23.3 Å². The van der Waals surface area contributed by atoms with E-state index in [-0.39, 0.29) is 0 Å². The predicted molar refractivity (Wildman–Crippen MR) is 87.2 cm³/mol. The van der Waals surface area contributed by atoms with Crippen molar-refractivity contribution in [2.45, 2.75) is 13.8 Å². The zero-order valence-electron chi connectivity index (χ0n) is 12.3. The fourth-order valence-corrected chi connectivity index (χ4v) is 2.36. The van der Waals surface area contributed by atoms with Gasteiger partial charge in [-0.05, 0) is 50.2 Å². The van der Waals surface area contributed by atoms with Gasteiger partial charge in [0.2, 0.25) is 0 Å². The maximum Gasteiger partial charge on any atom is 0.128 e. The molecule has 0 radical (unpaired) electrons. The van der Waals surface area contributed by atoms with Crippen molar-refractivity contribution in [3.05, 3.63) is 60.3 Å². The van der Waals surface area contributed by atoms with Crippen molar-refractivity contribution in [2.24, 2.45) is 0 Å². The molecule has 2 aromatic carbocycles. The van der Waals surface area contributed by atoms with Crippen LogP contribution in [0.3, 0.4) is 0 Å². The monoisotopic (exact) mass is 278 g/mol. The average molecular weight is 278 g/mol. The molecule has 3 nitrogen and oxygen atoms in total. The van der Waals surface area contributed by atoms with Crippen molar-refractivity contribution >= 4 is 16.6 Å². The van der Waals surface area contributed by atoms with E-state index in [1.54, 1.807) is 0 Å². The maximum absolute atomic E-state index is 5.89. The molecule has 1 aromatic heterocycles. The van der Waals surface area contributed by atoms with Gasteiger partial charge in [-0.2, -0.15) is 0 Å². The number of pyridine rings is 1. The number of hydrogen-bond acceptors (Lipinski definition) is 3. The minimum absolute atomic E-state index is 0.818. The van der Waals surface area contributed by atoms with Crippen molar-refractivity contribution in [2.75, 3.05) is 11.9 Å². The number of fused-ring (bicyclic) bond motifs is 1. The molecule has 0 fully saturated rings. The Kier molecular flexibility index (Phi) is 3.73. The number of hydrogen-bond donors (Lipinski definition) is 1. The van der Waals surface area contributed by atoms with E-state index >= 15 is 0 Å². The first-order chi connectivity index (χ1) is 10.3. The Labute approximate surface area is 124 Å². The number of rotatable bonds is 4. The molecule has 0 bridgehead atoms. The lowest BCUT2D eigenvalue weighted by Gasteiger charge is -2.11. The third-order valence-corrected chi connectivity index (χ3v) is 3.25. The molecule has 1 N–H and O–H groups in total. The van der Waals surface area contributed by atoms with Crippen LogP contribution >= 0.6 is 0 Å². The molecule has 0 spiro atoms. The summed E-state index contributed by atoms with van der Waals surface area (Å²) in [7, 11) is 0. The van der Waals surface area contributed by atoms with Crippen LogP contribution in [0.15, 0.2) is 54.6 Å². The highest BCUT2D eigenvalue weighted by atomic mass is 16.5. The first-order valence-electron chi connectivity index (χ1n) is 7.14. The highest BCUT2D eigenvalue weighted by Gasteiger charge is 2.06. The maximum atomic E-state index is 5.89. The molecule has 21 heavy (non-hydrogen) atoms. The van der Waals surface area contributed by atoms with Crippen molar-refractivity contribution in [1.29, 1.82) is 0 Å². The molecule has 3 rings (SSSR count). The lowest BCUT2D eigenvalue weighted by molar-refractivity contribution is 0.483. The fraction of sp³-hybridized carbons (Fsp3) is 0.167. The van der Waals surface area contributed by atoms with Gasteiger partial charge in [-0.25, -0.2) is 0 Å². The Bertz CT molecular complexity index is 754. The van der Waals surface area contributed by atoms with E-state index in [0.29, 0.717) is 0 Å². The minimum Gasteiger partial charge on any atom is -0.457 e. The summed E-state index contributed by atoms with van der Waals surface area (Å²) in [6.07, 6.45) is 0. The number of anilines is 1. The first-order valence-corrected chi connectivity index (χ1v) is 7.14. The van der Waals surface area contributed by atoms with Gasteiger partial charge in [0.1, 0.15) is 11.5 Å². The predicted octanol–water partition coefficient (Wildman–Crippen LogP) is 4.77. The number of nitrogens with one attached hydrogen (secondary N) is 1. The van der Waals surface area contributed by atoms with Gasteiger partial charge in [0.05, 0.1) is 5.52 Å². The van der Waals surface area contributed by atoms with Gasteiger partial charge >= 0.3 is 0 Å². The highest BCUT2D eigenvalue weighted by Crippen LogP contribution is 2.29. The van der Waals surface area contributed by atoms with E-state index in [0.717, 1.165) is 40.3 Å². The van der Waals surface area contributed by atoms with Crippen LogP contribution in [0.4, 0.5) is 5.69 Å². The number of benzene rings is 2. The Morgan fingerprint density at radius 3 is 2.57 bits per heavy atom. The fourth-order valence-electron chi connectivity index (χ4n) is 2.36. The molecule has 3 heteroatoms. The number of ether oxygens (including phenoxy) is 1. The van der Waals surface area contributed by atoms with Gasteiger partial charge in [-0.15, -0.1) is 0 Å². The van der Waals surface area contributed by atoms with Gasteiger partial charge in [-0.3, -0.25) is 4.98 Å². The third-order valence-electron chi connectivity index (χ3n) is 3.25. The van der Waals surface area contributed by atoms with E-state index in [4.69, 9.17) is 4.74 Å². The Morgan fingerprint density at radius 2 is 1.81 bits per heavy atom. The van der Waals surface area contributed by atoms with Gasteiger partial charge in [-0.1, -0.05) is 18.2 Å². The van der Waals surface area contributed by atoms with E-state index < -0.39 is 0 Å². The number of nitrogens with zero attached hydrogens (tertiary/aromatic N) is 1. The molecule has 0 aliphatic carbocycles. The standard InChI is InChI=1S/C18H18N2O/c1-3-19-18-11-13(2)20-17-10-9-15(12-16(17)18)21-14-7-5-4-6-8-14/h4-12H,3H2,1-2H3,(H,19,20). The normalized spacial score (nSPS) is 10.6. The lowest BCUT2D eigenvalue weighted by atomic mass is 10.1. The van der Waals surface area contributed by atoms with Gasteiger partial charge in [0.25, 0.3) is 0 Å². The van der Waals surface area contributed by atoms with E-state index in [9.17, 15) is 0 Å². The first kappa shape index (κ1) is 13.4. The summed E-state index contributed by atoms with van der Waals surface area (Å²) in [5, 5.41) is 4.47. The highest BCUT2D eigenvalue weighted by molar-refractivity contribution is 5.92. The molecule has 106 valence electrons. The van der Waals surface area contributed by atoms with E-state index in [1.807, 2.05) is 55.5 Å². The second kappa shape index (κ2) is 5.83. The van der Waals surface area contributed by atoms with Crippen LogP contribution in [0.5, 0.6) is 11.5 Å². The van der Waals surface area contributed by atoms with Crippen molar-refractivity contribution in [1.82, 2.24) is 4.98 Å². The summed E-state index contributed by atoms with van der Waals surface area (Å²) < 4.78 is 5.89. The van der Waals surface area contributed by atoms with Gasteiger partial charge < -0.3 is 10.1 Å². The number of para-hydroxylation sites is 1. The molecule has 0 saturated carbocycles. The molecular weight excluding hydrogens is 260 g/mol. The summed E-state index contributed by atoms with van der Waals surface area (Å²) in [5.41, 5.74) is 3.08. The number of aryl methyl sites for hydroxylation is 1. The molecular formula is C18H18N2O. The van der Waals surface area contributed by atoms with Gasteiger partial charge in [0.15, 0.2) is 0 Å². The summed E-state index contributed by atoms with van der Waals surface area (Å²) in [6, 6.07) is 17.9. The summed E-state index contributed by atoms with van der Waals surface area (Å²) in [6.45, 7) is 4.98. The lowest BCUT2D eigenvalue weighted by Crippen LogP contribution is -1.99. The Hall–Kier alpha value is -2.55. The van der Waals surface area contributed by atoms with Crippen LogP contribution in [0.25, 0.3) is 10.9 Å². The summed E-state index contributed by atoms with van der Waals surface area (Å²) in [4.78, 5) is 4.57. The zero-order chi connectivity index (χ0) is 14.7. The van der Waals surface area contributed by atoms with Crippen LogP contribution in [0.1, 0.15) is 12.6 Å². The Morgan fingerprint density at radius 1 is 1.00 bits per heavy atom. The molecule has 0 atom stereocenters. The van der Waals surface area contributed by atoms with Crippen molar-refractivity contribution in [3.63, 3.8) is 0 Å². The van der Waals surface area contributed by atoms with Crippen LogP contribution < -0.4 is 10.1 Å². The molecule has 0 saturated heterocycles. The second-order valence-electron chi connectivity index (χ2n) is 4.94. The summed E-state index contributed by atoms with van der Waals surface area (Å²) in [5.74, 6) is 1.65. The second-order valence-corrected chi connectivity index (χ2v) is 4.94. The molecule has 0 unspecified atom stereocenters. The smallest absolute Gasteiger partial charge is 0.128 e. The van der Waals surface area contributed by atoms with Crippen LogP contribution in [0, 0.1) is 6.92 Å². The number of aromatic nitrogens is 1. The summed E-state index contributed by atoms with van der Waals surface area (Å²) >= 11 is 0. The minimum atomic E-state index is 0.818. The quantitative estimate of drug-likeness (QED) is 0.746. The van der Waals surface area contributed by atoms with Crippen LogP contribution in [0.2, 0.25) is 0 Å². The molecule has 0 aliphatic heterocycles. The zero-order valence-corrected chi connectivity index (χ0v) is 12.3. The molecule has 0 amide bonds. The van der Waals surface area contributed by atoms with Crippen molar-refractivity contribution < 1.29 is 4.74 Å². The molecule has 0 aliphatic rings. The topological polar surface area (TPSA) is 34.2 Å². The van der Waals surface area contributed by atoms with Crippen LogP contribution in [-0.4, -0.2) is 11.5 Å². The molecule has 1 heterocycles. The van der Waals surface area contributed by atoms with Crippen LogP contribution in [-0.2, 0) is 0 Å². The molecule has 3 aromatic rings. The average Bonchev–Trinajstić information content (AvgIpc) is 2.49.